The molecule has 2 heterocycles. The third-order valence-electron chi connectivity index (χ3n) is 5.71. The van der Waals surface area contributed by atoms with Gasteiger partial charge in [0.05, 0.1) is 19.3 Å². The molecule has 24 heavy (non-hydrogen) atoms. The Labute approximate surface area is 142 Å². The highest BCUT2D eigenvalue weighted by atomic mass is 16.7. The predicted molar refractivity (Wildman–Crippen MR) is 87.0 cm³/mol. The zero-order chi connectivity index (χ0) is 16.6. The zero-order valence-corrected chi connectivity index (χ0v) is 13.7. The first-order chi connectivity index (χ1) is 11.7. The van der Waals surface area contributed by atoms with Crippen LogP contribution in [0.2, 0.25) is 0 Å². The van der Waals surface area contributed by atoms with Crippen molar-refractivity contribution in [2.45, 2.75) is 37.5 Å². The van der Waals surface area contributed by atoms with E-state index in [4.69, 9.17) is 9.47 Å². The van der Waals surface area contributed by atoms with Gasteiger partial charge in [-0.25, -0.2) is 0 Å². The van der Waals surface area contributed by atoms with Crippen LogP contribution in [-0.2, 0) is 9.47 Å². The summed E-state index contributed by atoms with van der Waals surface area (Å²) >= 11 is 0. The van der Waals surface area contributed by atoms with Gasteiger partial charge in [-0.3, -0.25) is 4.79 Å². The van der Waals surface area contributed by atoms with Gasteiger partial charge in [0.25, 0.3) is 5.91 Å². The van der Waals surface area contributed by atoms with Gasteiger partial charge >= 0.3 is 0 Å². The van der Waals surface area contributed by atoms with E-state index in [0.717, 1.165) is 19.3 Å². The average Bonchev–Trinajstić information content (AvgIpc) is 3.08. The van der Waals surface area contributed by atoms with Gasteiger partial charge in [-0.05, 0) is 36.8 Å². The Morgan fingerprint density at radius 2 is 1.96 bits per heavy atom. The van der Waals surface area contributed by atoms with Crippen LogP contribution in [0.1, 0.15) is 36.0 Å². The van der Waals surface area contributed by atoms with Crippen molar-refractivity contribution in [3.05, 3.63) is 35.9 Å². The molecule has 3 fully saturated rings. The molecule has 0 aromatic heterocycles. The number of piperidine rings is 1. The summed E-state index contributed by atoms with van der Waals surface area (Å²) in [5.74, 6) is 0.364. The highest BCUT2D eigenvalue weighted by molar-refractivity contribution is 5.94. The number of amides is 1. The summed E-state index contributed by atoms with van der Waals surface area (Å²) in [6, 6.07) is 11.2. The number of nitriles is 1. The third-order valence-corrected chi connectivity index (χ3v) is 5.71. The van der Waals surface area contributed by atoms with Crippen molar-refractivity contribution in [1.29, 1.82) is 5.26 Å². The van der Waals surface area contributed by atoms with Crippen LogP contribution in [0.5, 0.6) is 0 Å². The Bertz CT molecular complexity index is 648. The van der Waals surface area contributed by atoms with Crippen molar-refractivity contribution in [3.63, 3.8) is 0 Å². The maximum Gasteiger partial charge on any atom is 0.254 e. The summed E-state index contributed by atoms with van der Waals surface area (Å²) in [7, 11) is 0. The maximum atomic E-state index is 12.8. The van der Waals surface area contributed by atoms with E-state index in [-0.39, 0.29) is 11.9 Å². The molecule has 1 amide bonds. The summed E-state index contributed by atoms with van der Waals surface area (Å²) < 4.78 is 11.7. The Balaban J connectivity index is 1.51. The molecule has 126 valence electrons. The van der Waals surface area contributed by atoms with E-state index >= 15 is 0 Å². The van der Waals surface area contributed by atoms with Gasteiger partial charge in [-0.1, -0.05) is 18.2 Å². The average molecular weight is 326 g/mol. The Morgan fingerprint density at radius 1 is 1.21 bits per heavy atom. The van der Waals surface area contributed by atoms with Gasteiger partial charge in [-0.2, -0.15) is 5.26 Å². The van der Waals surface area contributed by atoms with E-state index in [1.165, 1.54) is 0 Å². The lowest BCUT2D eigenvalue weighted by atomic mass is 9.70. The van der Waals surface area contributed by atoms with Crippen LogP contribution in [0.15, 0.2) is 30.3 Å². The molecular weight excluding hydrogens is 304 g/mol. The van der Waals surface area contributed by atoms with Crippen LogP contribution in [0.25, 0.3) is 0 Å². The zero-order valence-electron chi connectivity index (χ0n) is 13.7. The Morgan fingerprint density at radius 3 is 2.67 bits per heavy atom. The molecule has 3 aliphatic rings. The summed E-state index contributed by atoms with van der Waals surface area (Å²) in [5.41, 5.74) is 0.658. The van der Waals surface area contributed by atoms with Crippen LogP contribution in [-0.4, -0.2) is 42.4 Å². The minimum absolute atomic E-state index is 0.0331. The number of carbonyl (C=O) groups is 1. The normalized spacial score (nSPS) is 31.5. The molecule has 1 spiro atoms. The van der Waals surface area contributed by atoms with E-state index in [9.17, 15) is 10.1 Å². The summed E-state index contributed by atoms with van der Waals surface area (Å²) in [4.78, 5) is 14.6. The second-order valence-corrected chi connectivity index (χ2v) is 7.07. The molecule has 0 unspecified atom stereocenters. The number of carbonyl (C=O) groups excluding carboxylic acids is 1. The van der Waals surface area contributed by atoms with Gasteiger partial charge in [0.2, 0.25) is 0 Å². The quantitative estimate of drug-likeness (QED) is 0.796. The molecule has 1 aromatic rings. The fraction of sp³-hybridized carbons (Fsp3) is 0.579. The highest BCUT2D eigenvalue weighted by Gasteiger charge is 2.49. The fourth-order valence-electron chi connectivity index (χ4n) is 4.47. The lowest BCUT2D eigenvalue weighted by molar-refractivity contribution is -0.200. The number of nitrogens with zero attached hydrogens (tertiary/aromatic N) is 2. The number of fused-ring (bicyclic) bond motifs is 1. The molecule has 4 rings (SSSR count). The SMILES string of the molecule is N#C[C@H]1C[C@H]2CC3(CC[C@H]2CN1C(=O)c1ccccc1)OCCO3. The van der Waals surface area contributed by atoms with E-state index < -0.39 is 5.79 Å². The number of likely N-dealkylation sites (tertiary alicyclic amines) is 1. The molecule has 0 radical (unpaired) electrons. The molecule has 1 aromatic carbocycles. The number of hydrogen-bond donors (Lipinski definition) is 0. The van der Waals surface area contributed by atoms with Crippen molar-refractivity contribution >= 4 is 5.91 Å². The first-order valence-corrected chi connectivity index (χ1v) is 8.74. The summed E-state index contributed by atoms with van der Waals surface area (Å²) in [5, 5.41) is 9.60. The Hall–Kier alpha value is -1.90. The minimum atomic E-state index is -0.424. The first kappa shape index (κ1) is 15.6. The lowest BCUT2D eigenvalue weighted by Gasteiger charge is -2.48. The van der Waals surface area contributed by atoms with E-state index in [0.29, 0.717) is 43.6 Å². The number of ether oxygens (including phenoxy) is 2. The van der Waals surface area contributed by atoms with Crippen molar-refractivity contribution in [2.75, 3.05) is 19.8 Å². The molecule has 3 atom stereocenters. The van der Waals surface area contributed by atoms with Gasteiger partial charge in [-0.15, -0.1) is 0 Å². The molecule has 1 saturated carbocycles. The fourth-order valence-corrected chi connectivity index (χ4v) is 4.47. The molecular formula is C19H22N2O3. The maximum absolute atomic E-state index is 12.8. The van der Waals surface area contributed by atoms with Crippen LogP contribution >= 0.6 is 0 Å². The van der Waals surface area contributed by atoms with Crippen LogP contribution < -0.4 is 0 Å². The third kappa shape index (κ3) is 2.70. The van der Waals surface area contributed by atoms with Gasteiger partial charge in [0.1, 0.15) is 6.04 Å². The van der Waals surface area contributed by atoms with E-state index in [2.05, 4.69) is 6.07 Å². The van der Waals surface area contributed by atoms with Crippen LogP contribution in [0, 0.1) is 23.2 Å². The molecule has 2 saturated heterocycles. The van der Waals surface area contributed by atoms with Gasteiger partial charge < -0.3 is 14.4 Å². The highest BCUT2D eigenvalue weighted by Crippen LogP contribution is 2.46. The largest absolute Gasteiger partial charge is 0.348 e. The second kappa shape index (κ2) is 6.19. The van der Waals surface area contributed by atoms with Crippen molar-refractivity contribution in [2.24, 2.45) is 11.8 Å². The predicted octanol–water partition coefficient (Wildman–Crippen LogP) is 2.58. The van der Waals surface area contributed by atoms with Gasteiger partial charge in [0.15, 0.2) is 5.79 Å². The summed E-state index contributed by atoms with van der Waals surface area (Å²) in [6.45, 7) is 1.99. The van der Waals surface area contributed by atoms with E-state index in [1.807, 2.05) is 30.3 Å². The standard InChI is InChI=1S/C19H22N2O3/c20-12-17-10-16-11-19(23-8-9-24-19)7-6-15(16)13-21(17)18(22)14-4-2-1-3-5-14/h1-5,15-17H,6-11,13H2/t15-,16-,17+/m0/s1. The molecule has 5 heteroatoms. The van der Waals surface area contributed by atoms with Crippen molar-refractivity contribution in [3.8, 4) is 6.07 Å². The van der Waals surface area contributed by atoms with Crippen molar-refractivity contribution < 1.29 is 14.3 Å². The van der Waals surface area contributed by atoms with E-state index in [1.54, 1.807) is 4.90 Å². The first-order valence-electron chi connectivity index (χ1n) is 8.74. The summed E-state index contributed by atoms with van der Waals surface area (Å²) in [6.07, 6.45) is 3.44. The number of hydrogen-bond acceptors (Lipinski definition) is 4. The Kier molecular flexibility index (Phi) is 4.03. The topological polar surface area (TPSA) is 62.6 Å². The smallest absolute Gasteiger partial charge is 0.254 e. The number of rotatable bonds is 1. The van der Waals surface area contributed by atoms with Crippen molar-refractivity contribution in [1.82, 2.24) is 4.90 Å². The minimum Gasteiger partial charge on any atom is -0.348 e. The molecule has 2 aliphatic heterocycles. The van der Waals surface area contributed by atoms with Crippen LogP contribution in [0.4, 0.5) is 0 Å². The van der Waals surface area contributed by atoms with Crippen LogP contribution in [0.3, 0.4) is 0 Å². The molecule has 5 nitrogen and oxygen atoms in total. The second-order valence-electron chi connectivity index (χ2n) is 7.07. The van der Waals surface area contributed by atoms with Gasteiger partial charge in [0, 0.05) is 24.9 Å². The number of benzene rings is 1. The monoisotopic (exact) mass is 326 g/mol. The molecule has 1 aliphatic carbocycles. The molecule has 0 bridgehead atoms. The lowest BCUT2D eigenvalue weighted by Crippen LogP contribution is -2.53. The molecule has 0 N–H and O–H groups in total.